The molecular formula is C13H16Cl3NO2. The molecule has 0 saturated heterocycles. The van der Waals surface area contributed by atoms with E-state index in [2.05, 4.69) is 6.92 Å². The predicted octanol–water partition coefficient (Wildman–Crippen LogP) is 4.34. The fourth-order valence-electron chi connectivity index (χ4n) is 1.77. The van der Waals surface area contributed by atoms with Crippen molar-refractivity contribution in [2.24, 2.45) is 7.05 Å². The van der Waals surface area contributed by atoms with E-state index < -0.39 is 9.58 Å². The molecule has 0 aromatic carbocycles. The summed E-state index contributed by atoms with van der Waals surface area (Å²) in [6, 6.07) is 1.48. The molecule has 0 unspecified atom stereocenters. The molecule has 0 spiro atoms. The molecule has 1 aromatic rings. The zero-order valence-electron chi connectivity index (χ0n) is 10.9. The van der Waals surface area contributed by atoms with Gasteiger partial charge in [0.05, 0.1) is 5.69 Å². The number of carbonyl (C=O) groups is 2. The third-order valence-electron chi connectivity index (χ3n) is 2.82. The van der Waals surface area contributed by atoms with Gasteiger partial charge in [-0.3, -0.25) is 9.59 Å². The Labute approximate surface area is 127 Å². The topological polar surface area (TPSA) is 39.1 Å². The van der Waals surface area contributed by atoms with Crippen LogP contribution in [0.25, 0.3) is 0 Å². The van der Waals surface area contributed by atoms with Crippen molar-refractivity contribution in [2.75, 3.05) is 0 Å². The number of Topliss-reactive ketones (excluding diaryl/α,β-unsaturated/α-hetero) is 2. The maximum absolute atomic E-state index is 11.9. The molecule has 0 fully saturated rings. The predicted molar refractivity (Wildman–Crippen MR) is 78.5 cm³/mol. The highest BCUT2D eigenvalue weighted by Gasteiger charge is 2.33. The Balaban J connectivity index is 2.85. The van der Waals surface area contributed by atoms with Crippen molar-refractivity contribution in [3.05, 3.63) is 23.5 Å². The Morgan fingerprint density at radius 2 is 1.89 bits per heavy atom. The number of aryl methyl sites for hydroxylation is 1. The van der Waals surface area contributed by atoms with Gasteiger partial charge in [-0.2, -0.15) is 0 Å². The lowest BCUT2D eigenvalue weighted by Gasteiger charge is -2.09. The summed E-state index contributed by atoms with van der Waals surface area (Å²) in [6.07, 6.45) is 4.98. The summed E-state index contributed by atoms with van der Waals surface area (Å²) in [5, 5.41) is 0. The molecule has 1 heterocycles. The van der Waals surface area contributed by atoms with Gasteiger partial charge in [0.1, 0.15) is 0 Å². The van der Waals surface area contributed by atoms with Crippen molar-refractivity contribution in [2.45, 2.75) is 36.4 Å². The van der Waals surface area contributed by atoms with E-state index >= 15 is 0 Å². The molecule has 106 valence electrons. The number of ketones is 2. The third kappa shape index (κ3) is 4.51. The van der Waals surface area contributed by atoms with Gasteiger partial charge in [-0.15, -0.1) is 0 Å². The van der Waals surface area contributed by atoms with Gasteiger partial charge in [0.2, 0.25) is 5.78 Å². The number of hydrogen-bond donors (Lipinski definition) is 0. The Bertz CT molecular complexity index is 475. The van der Waals surface area contributed by atoms with Crippen molar-refractivity contribution in [1.29, 1.82) is 0 Å². The molecule has 1 rings (SSSR count). The zero-order chi connectivity index (χ0) is 14.6. The number of rotatable bonds is 6. The lowest BCUT2D eigenvalue weighted by molar-refractivity contribution is 0.0977. The number of aromatic nitrogens is 1. The summed E-state index contributed by atoms with van der Waals surface area (Å²) in [4.78, 5) is 23.8. The van der Waals surface area contributed by atoms with E-state index in [-0.39, 0.29) is 11.5 Å². The molecule has 0 bridgehead atoms. The quantitative estimate of drug-likeness (QED) is 0.443. The van der Waals surface area contributed by atoms with E-state index in [9.17, 15) is 9.59 Å². The second-order valence-electron chi connectivity index (χ2n) is 4.43. The van der Waals surface area contributed by atoms with Gasteiger partial charge >= 0.3 is 0 Å². The number of carbonyl (C=O) groups excluding carboxylic acids is 2. The van der Waals surface area contributed by atoms with Crippen LogP contribution in [0, 0.1) is 0 Å². The Morgan fingerprint density at radius 3 is 2.42 bits per heavy atom. The van der Waals surface area contributed by atoms with Gasteiger partial charge in [0.15, 0.2) is 5.78 Å². The van der Waals surface area contributed by atoms with E-state index in [1.807, 2.05) is 0 Å². The molecule has 0 aliphatic heterocycles. The van der Waals surface area contributed by atoms with E-state index in [0.717, 1.165) is 19.3 Å². The highest BCUT2D eigenvalue weighted by Crippen LogP contribution is 2.31. The second kappa shape index (κ2) is 6.78. The molecular weight excluding hydrogens is 309 g/mol. The Morgan fingerprint density at radius 1 is 1.26 bits per heavy atom. The fourth-order valence-corrected chi connectivity index (χ4v) is 2.06. The Kier molecular flexibility index (Phi) is 5.90. The van der Waals surface area contributed by atoms with E-state index in [4.69, 9.17) is 34.8 Å². The van der Waals surface area contributed by atoms with Gasteiger partial charge in [0.25, 0.3) is 3.79 Å². The number of alkyl halides is 3. The van der Waals surface area contributed by atoms with Gasteiger partial charge < -0.3 is 4.57 Å². The van der Waals surface area contributed by atoms with Crippen molar-refractivity contribution in [3.8, 4) is 0 Å². The summed E-state index contributed by atoms with van der Waals surface area (Å²) >= 11 is 16.7. The molecule has 0 aliphatic rings. The van der Waals surface area contributed by atoms with Crippen LogP contribution >= 0.6 is 34.8 Å². The van der Waals surface area contributed by atoms with E-state index in [0.29, 0.717) is 12.0 Å². The first-order valence-electron chi connectivity index (χ1n) is 6.08. The summed E-state index contributed by atoms with van der Waals surface area (Å²) in [6.45, 7) is 2.07. The summed E-state index contributed by atoms with van der Waals surface area (Å²) in [7, 11) is 1.65. The van der Waals surface area contributed by atoms with E-state index in [1.54, 1.807) is 13.2 Å². The van der Waals surface area contributed by atoms with Crippen LogP contribution in [0.5, 0.6) is 0 Å². The number of unbranched alkanes of at least 4 members (excludes halogenated alkanes) is 2. The second-order valence-corrected chi connectivity index (χ2v) is 6.71. The van der Waals surface area contributed by atoms with Crippen LogP contribution in [0.15, 0.2) is 12.3 Å². The molecule has 0 aliphatic carbocycles. The fraction of sp³-hybridized carbons (Fsp3) is 0.538. The van der Waals surface area contributed by atoms with Crippen LogP contribution in [-0.2, 0) is 7.05 Å². The average molecular weight is 325 g/mol. The van der Waals surface area contributed by atoms with Crippen molar-refractivity contribution in [3.63, 3.8) is 0 Å². The minimum Gasteiger partial charge on any atom is -0.347 e. The van der Waals surface area contributed by atoms with Gasteiger partial charge in [0, 0.05) is 25.2 Å². The van der Waals surface area contributed by atoms with Crippen molar-refractivity contribution < 1.29 is 9.59 Å². The molecule has 6 heteroatoms. The Hall–Kier alpha value is -0.510. The smallest absolute Gasteiger partial charge is 0.255 e. The van der Waals surface area contributed by atoms with Crippen molar-refractivity contribution in [1.82, 2.24) is 4.57 Å². The summed E-state index contributed by atoms with van der Waals surface area (Å²) in [5.41, 5.74) is 0.704. The molecule has 0 amide bonds. The first kappa shape index (κ1) is 16.5. The minimum atomic E-state index is -2.01. The van der Waals surface area contributed by atoms with Crippen LogP contribution in [0.1, 0.15) is 53.5 Å². The first-order valence-corrected chi connectivity index (χ1v) is 7.21. The van der Waals surface area contributed by atoms with Gasteiger partial charge in [-0.1, -0.05) is 54.6 Å². The van der Waals surface area contributed by atoms with Crippen LogP contribution in [0.4, 0.5) is 0 Å². The standard InChI is InChI=1S/C13H16Cl3NO2/c1-3-4-5-6-11(18)9-7-10(17(2)8-9)12(19)13(14,15)16/h7-8H,3-6H2,1-2H3. The largest absolute Gasteiger partial charge is 0.347 e. The summed E-state index contributed by atoms with van der Waals surface area (Å²) in [5.74, 6) is -0.625. The maximum atomic E-state index is 11.9. The van der Waals surface area contributed by atoms with Gasteiger partial charge in [-0.05, 0) is 12.5 Å². The highest BCUT2D eigenvalue weighted by atomic mass is 35.6. The lowest BCUT2D eigenvalue weighted by Crippen LogP contribution is -2.21. The highest BCUT2D eigenvalue weighted by molar-refractivity contribution is 6.77. The van der Waals surface area contributed by atoms with Crippen LogP contribution in [0.3, 0.4) is 0 Å². The number of hydrogen-bond acceptors (Lipinski definition) is 2. The maximum Gasteiger partial charge on any atom is 0.255 e. The third-order valence-corrected chi connectivity index (χ3v) is 3.34. The van der Waals surface area contributed by atoms with Crippen molar-refractivity contribution >= 4 is 46.4 Å². The zero-order valence-corrected chi connectivity index (χ0v) is 13.1. The van der Waals surface area contributed by atoms with Crippen LogP contribution < -0.4 is 0 Å². The summed E-state index contributed by atoms with van der Waals surface area (Å²) < 4.78 is -0.494. The molecule has 0 N–H and O–H groups in total. The number of halogens is 3. The average Bonchev–Trinajstić information content (AvgIpc) is 2.69. The molecule has 0 radical (unpaired) electrons. The molecule has 1 aromatic heterocycles. The lowest BCUT2D eigenvalue weighted by atomic mass is 10.1. The van der Waals surface area contributed by atoms with Crippen LogP contribution in [0.2, 0.25) is 0 Å². The minimum absolute atomic E-state index is 0.00687. The SMILES string of the molecule is CCCCCC(=O)c1cc(C(=O)C(Cl)(Cl)Cl)n(C)c1. The van der Waals surface area contributed by atoms with Gasteiger partial charge in [-0.25, -0.2) is 0 Å². The monoisotopic (exact) mass is 323 g/mol. The van der Waals surface area contributed by atoms with Crippen LogP contribution in [-0.4, -0.2) is 19.9 Å². The molecule has 3 nitrogen and oxygen atoms in total. The molecule has 0 atom stereocenters. The normalized spacial score (nSPS) is 11.6. The van der Waals surface area contributed by atoms with E-state index in [1.165, 1.54) is 10.6 Å². The first-order chi connectivity index (χ1) is 8.77. The number of nitrogens with zero attached hydrogens (tertiary/aromatic N) is 1. The molecule has 19 heavy (non-hydrogen) atoms. The molecule has 0 saturated carbocycles.